The summed E-state index contributed by atoms with van der Waals surface area (Å²) in [7, 11) is 3.21. The normalized spacial score (nSPS) is 25.0. The van der Waals surface area contributed by atoms with Gasteiger partial charge in [-0.05, 0) is 49.8 Å². The van der Waals surface area contributed by atoms with Crippen LogP contribution >= 0.6 is 0 Å². The van der Waals surface area contributed by atoms with Crippen molar-refractivity contribution in [1.29, 1.82) is 0 Å². The van der Waals surface area contributed by atoms with E-state index in [1.54, 1.807) is 30.1 Å². The number of rotatable bonds is 7. The molecular formula is C23H31N3O6. The maximum Gasteiger partial charge on any atom is 0.257 e. The van der Waals surface area contributed by atoms with Crippen LogP contribution in [0.3, 0.4) is 0 Å². The number of nitrogens with zero attached hydrogens (tertiary/aromatic N) is 1. The molecule has 3 atom stereocenters. The van der Waals surface area contributed by atoms with Gasteiger partial charge in [-0.25, -0.2) is 0 Å². The summed E-state index contributed by atoms with van der Waals surface area (Å²) >= 11 is 0. The predicted molar refractivity (Wildman–Crippen MR) is 117 cm³/mol. The molecule has 32 heavy (non-hydrogen) atoms. The lowest BCUT2D eigenvalue weighted by Gasteiger charge is -2.42. The standard InChI is InChI=1S/C23H31N3O6/c1-26-18-7-6-16(10-21(27)24-11-14-3-4-14)32-20(18)12-31-19-8-5-15(9-17(19)23(26)29)25-22(28)13-30-2/h5,8-9,14,16,18,20H,3-4,6-7,10-13H2,1-2H3,(H,24,27)(H,25,28)/t16-,18-,20-/m1/s1. The van der Waals surface area contributed by atoms with Gasteiger partial charge in [-0.3, -0.25) is 14.4 Å². The smallest absolute Gasteiger partial charge is 0.257 e. The number of likely N-dealkylation sites (N-methyl/N-ethyl adjacent to an activating group) is 1. The van der Waals surface area contributed by atoms with Crippen molar-refractivity contribution in [3.05, 3.63) is 23.8 Å². The van der Waals surface area contributed by atoms with Gasteiger partial charge in [-0.15, -0.1) is 0 Å². The lowest BCUT2D eigenvalue weighted by molar-refractivity contribution is -0.134. The van der Waals surface area contributed by atoms with E-state index in [1.165, 1.54) is 20.0 Å². The first-order valence-electron chi connectivity index (χ1n) is 11.2. The maximum absolute atomic E-state index is 13.2. The first kappa shape index (κ1) is 22.5. The molecule has 1 aromatic rings. The molecule has 1 saturated carbocycles. The zero-order valence-corrected chi connectivity index (χ0v) is 18.6. The Morgan fingerprint density at radius 2 is 2.00 bits per heavy atom. The van der Waals surface area contributed by atoms with Gasteiger partial charge in [0.1, 0.15) is 25.1 Å². The van der Waals surface area contributed by atoms with Gasteiger partial charge in [0.2, 0.25) is 11.8 Å². The molecule has 0 bridgehead atoms. The average Bonchev–Trinajstić information content (AvgIpc) is 3.60. The highest BCUT2D eigenvalue weighted by Crippen LogP contribution is 2.32. The van der Waals surface area contributed by atoms with E-state index >= 15 is 0 Å². The van der Waals surface area contributed by atoms with E-state index in [-0.39, 0.29) is 49.2 Å². The predicted octanol–water partition coefficient (Wildman–Crippen LogP) is 1.57. The van der Waals surface area contributed by atoms with Crippen molar-refractivity contribution in [2.24, 2.45) is 5.92 Å². The molecule has 4 rings (SSSR count). The average molecular weight is 446 g/mol. The van der Waals surface area contributed by atoms with Crippen molar-refractivity contribution in [3.8, 4) is 5.75 Å². The number of methoxy groups -OCH3 is 1. The highest BCUT2D eigenvalue weighted by Gasteiger charge is 2.39. The fourth-order valence-electron chi connectivity index (χ4n) is 4.29. The molecule has 2 fully saturated rings. The van der Waals surface area contributed by atoms with E-state index in [1.807, 2.05) is 0 Å². The van der Waals surface area contributed by atoms with E-state index < -0.39 is 0 Å². The third-order valence-electron chi connectivity index (χ3n) is 6.27. The molecule has 2 N–H and O–H groups in total. The SMILES string of the molecule is COCC(=O)Nc1ccc2c(c1)C(=O)N(C)[C@@H]1CC[C@H](CC(=O)NCC3CC3)O[C@@H]1CO2. The van der Waals surface area contributed by atoms with E-state index in [2.05, 4.69) is 10.6 Å². The molecule has 9 heteroatoms. The molecule has 3 aliphatic rings. The van der Waals surface area contributed by atoms with E-state index in [9.17, 15) is 14.4 Å². The molecule has 1 saturated heterocycles. The molecule has 0 spiro atoms. The molecule has 0 unspecified atom stereocenters. The molecule has 2 aliphatic heterocycles. The van der Waals surface area contributed by atoms with Gasteiger partial charge in [0, 0.05) is 26.4 Å². The van der Waals surface area contributed by atoms with Crippen molar-refractivity contribution in [3.63, 3.8) is 0 Å². The minimum absolute atomic E-state index is 0.0185. The van der Waals surface area contributed by atoms with Crippen LogP contribution < -0.4 is 15.4 Å². The third kappa shape index (κ3) is 5.39. The molecule has 1 aromatic carbocycles. The molecule has 0 radical (unpaired) electrons. The minimum Gasteiger partial charge on any atom is -0.490 e. The number of benzene rings is 1. The molecule has 1 aliphatic carbocycles. The van der Waals surface area contributed by atoms with Crippen LogP contribution in [0.4, 0.5) is 5.69 Å². The summed E-state index contributed by atoms with van der Waals surface area (Å²) < 4.78 is 17.0. The van der Waals surface area contributed by atoms with Crippen LogP contribution in [0.1, 0.15) is 42.5 Å². The number of anilines is 1. The number of hydrogen-bond donors (Lipinski definition) is 2. The topological polar surface area (TPSA) is 106 Å². The number of amides is 3. The summed E-state index contributed by atoms with van der Waals surface area (Å²) in [5.74, 6) is 0.612. The van der Waals surface area contributed by atoms with Crippen molar-refractivity contribution in [2.45, 2.75) is 50.4 Å². The van der Waals surface area contributed by atoms with Crippen molar-refractivity contribution >= 4 is 23.4 Å². The van der Waals surface area contributed by atoms with Gasteiger partial charge < -0.3 is 29.7 Å². The highest BCUT2D eigenvalue weighted by atomic mass is 16.5. The Morgan fingerprint density at radius 3 is 2.75 bits per heavy atom. The van der Waals surface area contributed by atoms with Crippen LogP contribution in [0.25, 0.3) is 0 Å². The Hall–Kier alpha value is -2.65. The fourth-order valence-corrected chi connectivity index (χ4v) is 4.29. The van der Waals surface area contributed by atoms with Crippen LogP contribution in [0.2, 0.25) is 0 Å². The largest absolute Gasteiger partial charge is 0.490 e. The van der Waals surface area contributed by atoms with Crippen LogP contribution in [-0.2, 0) is 19.1 Å². The summed E-state index contributed by atoms with van der Waals surface area (Å²) in [4.78, 5) is 38.9. The molecule has 174 valence electrons. The molecular weight excluding hydrogens is 414 g/mol. The third-order valence-corrected chi connectivity index (χ3v) is 6.27. The minimum atomic E-state index is -0.312. The van der Waals surface area contributed by atoms with Gasteiger partial charge in [-0.1, -0.05) is 0 Å². The second kappa shape index (κ2) is 9.87. The Balaban J connectivity index is 1.41. The monoisotopic (exact) mass is 445 g/mol. The number of fused-ring (bicyclic) bond motifs is 2. The van der Waals surface area contributed by atoms with Crippen molar-refractivity contribution in [1.82, 2.24) is 10.2 Å². The molecule has 3 amide bonds. The number of nitrogens with one attached hydrogen (secondary N) is 2. The molecule has 0 aromatic heterocycles. The number of ether oxygens (including phenoxy) is 3. The Morgan fingerprint density at radius 1 is 1.19 bits per heavy atom. The maximum atomic E-state index is 13.2. The number of carbonyl (C=O) groups is 3. The van der Waals surface area contributed by atoms with Gasteiger partial charge in [-0.2, -0.15) is 0 Å². The zero-order valence-electron chi connectivity index (χ0n) is 18.6. The number of hydrogen-bond acceptors (Lipinski definition) is 6. The lowest BCUT2D eigenvalue weighted by Crippen LogP contribution is -2.54. The Kier molecular flexibility index (Phi) is 6.95. The van der Waals surface area contributed by atoms with Crippen LogP contribution in [0.5, 0.6) is 5.75 Å². The second-order valence-electron chi connectivity index (χ2n) is 8.81. The van der Waals surface area contributed by atoms with Crippen LogP contribution in [-0.4, -0.2) is 74.8 Å². The fraction of sp³-hybridized carbons (Fsp3) is 0.609. The van der Waals surface area contributed by atoms with Crippen molar-refractivity contribution < 1.29 is 28.6 Å². The molecule has 9 nitrogen and oxygen atoms in total. The van der Waals surface area contributed by atoms with Crippen LogP contribution in [0, 0.1) is 5.92 Å². The summed E-state index contributed by atoms with van der Waals surface area (Å²) in [5.41, 5.74) is 0.896. The summed E-state index contributed by atoms with van der Waals surface area (Å²) in [6.45, 7) is 0.968. The number of carbonyl (C=O) groups excluding carboxylic acids is 3. The summed E-state index contributed by atoms with van der Waals surface area (Å²) in [6.07, 6.45) is 3.67. The van der Waals surface area contributed by atoms with E-state index in [0.29, 0.717) is 35.8 Å². The van der Waals surface area contributed by atoms with E-state index in [0.717, 1.165) is 13.0 Å². The first-order chi connectivity index (χ1) is 15.4. The van der Waals surface area contributed by atoms with Crippen LogP contribution in [0.15, 0.2) is 18.2 Å². The van der Waals surface area contributed by atoms with Crippen molar-refractivity contribution in [2.75, 3.05) is 39.2 Å². The van der Waals surface area contributed by atoms with Gasteiger partial charge >= 0.3 is 0 Å². The Bertz CT molecular complexity index is 871. The Labute approximate surface area is 187 Å². The second-order valence-corrected chi connectivity index (χ2v) is 8.81. The summed E-state index contributed by atoms with van der Waals surface area (Å²) in [6, 6.07) is 4.84. The lowest BCUT2D eigenvalue weighted by atomic mass is 9.94. The van der Waals surface area contributed by atoms with Gasteiger partial charge in [0.05, 0.1) is 24.1 Å². The zero-order chi connectivity index (χ0) is 22.7. The van der Waals surface area contributed by atoms with E-state index in [4.69, 9.17) is 14.2 Å². The van der Waals surface area contributed by atoms with Gasteiger partial charge in [0.25, 0.3) is 5.91 Å². The quantitative estimate of drug-likeness (QED) is 0.660. The highest BCUT2D eigenvalue weighted by molar-refractivity contribution is 6.00. The summed E-state index contributed by atoms with van der Waals surface area (Å²) in [5, 5.41) is 5.70. The molecule has 2 heterocycles. The van der Waals surface area contributed by atoms with Gasteiger partial charge in [0.15, 0.2) is 0 Å². The first-order valence-corrected chi connectivity index (χ1v) is 11.2.